The molecule has 0 aromatic heterocycles. The first-order valence-electron chi connectivity index (χ1n) is 10.2. The first-order chi connectivity index (χ1) is 15.0. The van der Waals surface area contributed by atoms with Gasteiger partial charge in [-0.15, -0.1) is 11.8 Å². The molecule has 0 aliphatic carbocycles. The first-order valence-corrected chi connectivity index (χ1v) is 11.5. The molecule has 0 saturated carbocycles. The van der Waals surface area contributed by atoms with Gasteiger partial charge in [-0.2, -0.15) is 0 Å². The second kappa shape index (κ2) is 11.4. The lowest BCUT2D eigenvalue weighted by atomic mass is 10.2. The zero-order valence-electron chi connectivity index (χ0n) is 17.8. The van der Waals surface area contributed by atoms with Crippen LogP contribution in [0.3, 0.4) is 0 Å². The van der Waals surface area contributed by atoms with E-state index in [4.69, 9.17) is 21.1 Å². The zero-order chi connectivity index (χ0) is 22.2. The molecule has 1 heterocycles. The van der Waals surface area contributed by atoms with Crippen LogP contribution in [0.2, 0.25) is 5.02 Å². The molecule has 0 radical (unpaired) electrons. The molecule has 1 aliphatic rings. The minimum atomic E-state index is -0.381. The van der Waals surface area contributed by atoms with Gasteiger partial charge in [-0.1, -0.05) is 35.9 Å². The molecule has 2 aromatic rings. The Bertz CT molecular complexity index is 903. The van der Waals surface area contributed by atoms with Gasteiger partial charge in [-0.3, -0.25) is 14.5 Å². The van der Waals surface area contributed by atoms with Crippen molar-refractivity contribution >= 4 is 35.2 Å². The van der Waals surface area contributed by atoms with Crippen LogP contribution in [-0.4, -0.2) is 73.4 Å². The van der Waals surface area contributed by atoms with Gasteiger partial charge in [0.2, 0.25) is 0 Å². The number of ether oxygens (including phenoxy) is 2. The van der Waals surface area contributed by atoms with Crippen molar-refractivity contribution in [3.63, 3.8) is 0 Å². The second-order valence-electron chi connectivity index (χ2n) is 7.19. The van der Waals surface area contributed by atoms with Gasteiger partial charge in [0.15, 0.2) is 0 Å². The van der Waals surface area contributed by atoms with Crippen molar-refractivity contribution in [2.45, 2.75) is 17.1 Å². The summed E-state index contributed by atoms with van der Waals surface area (Å²) in [6, 6.07) is 14.9. The van der Waals surface area contributed by atoms with Gasteiger partial charge in [0.25, 0.3) is 5.91 Å². The van der Waals surface area contributed by atoms with E-state index in [-0.39, 0.29) is 17.1 Å². The van der Waals surface area contributed by atoms with Gasteiger partial charge < -0.3 is 14.4 Å². The van der Waals surface area contributed by atoms with E-state index in [0.29, 0.717) is 36.0 Å². The van der Waals surface area contributed by atoms with Crippen molar-refractivity contribution in [2.75, 3.05) is 46.4 Å². The Morgan fingerprint density at radius 2 is 1.74 bits per heavy atom. The fourth-order valence-corrected chi connectivity index (χ4v) is 4.55. The van der Waals surface area contributed by atoms with Crippen LogP contribution in [-0.2, 0) is 9.53 Å². The predicted molar refractivity (Wildman–Crippen MR) is 123 cm³/mol. The van der Waals surface area contributed by atoms with E-state index < -0.39 is 0 Å². The highest BCUT2D eigenvalue weighted by molar-refractivity contribution is 8.00. The summed E-state index contributed by atoms with van der Waals surface area (Å²) in [6.45, 7) is 5.96. The Hall–Kier alpha value is -2.22. The highest BCUT2D eigenvalue weighted by Gasteiger charge is 2.25. The van der Waals surface area contributed by atoms with Crippen molar-refractivity contribution in [1.82, 2.24) is 9.80 Å². The standard InChI is InChI=1S/C23H27ClN2O4S/c1-17(23(28)29-2)31-21-10-6-3-7-18(21)22(27)26-13-11-25(12-14-26)15-16-30-20-9-5-4-8-19(20)24/h3-10,17H,11-16H2,1-2H3. The Morgan fingerprint density at radius 3 is 2.45 bits per heavy atom. The van der Waals surface area contributed by atoms with Crippen LogP contribution in [0.15, 0.2) is 53.4 Å². The SMILES string of the molecule is COC(=O)C(C)Sc1ccccc1C(=O)N1CCN(CCOc2ccccc2Cl)CC1. The summed E-state index contributed by atoms with van der Waals surface area (Å²) in [5, 5.41) is 0.227. The molecular formula is C23H27ClN2O4S. The number of para-hydroxylation sites is 1. The number of hydrogen-bond acceptors (Lipinski definition) is 6. The number of carbonyl (C=O) groups is 2. The molecule has 0 N–H and O–H groups in total. The number of methoxy groups -OCH3 is 1. The van der Waals surface area contributed by atoms with Gasteiger partial charge in [-0.25, -0.2) is 0 Å². The summed E-state index contributed by atoms with van der Waals surface area (Å²) in [6.07, 6.45) is 0. The molecule has 1 aliphatic heterocycles. The van der Waals surface area contributed by atoms with E-state index in [1.54, 1.807) is 6.92 Å². The van der Waals surface area contributed by atoms with Crippen LogP contribution < -0.4 is 4.74 Å². The topological polar surface area (TPSA) is 59.1 Å². The maximum Gasteiger partial charge on any atom is 0.318 e. The highest BCUT2D eigenvalue weighted by atomic mass is 35.5. The third-order valence-corrected chi connectivity index (χ3v) is 6.58. The molecule has 1 amide bonds. The molecule has 166 valence electrons. The normalized spacial score (nSPS) is 15.4. The average molecular weight is 463 g/mol. The molecule has 1 unspecified atom stereocenters. The number of thioether (sulfide) groups is 1. The number of esters is 1. The Balaban J connectivity index is 1.51. The fraction of sp³-hybridized carbons (Fsp3) is 0.391. The van der Waals surface area contributed by atoms with Gasteiger partial charge in [0.1, 0.15) is 17.6 Å². The van der Waals surface area contributed by atoms with Crippen molar-refractivity contribution in [1.29, 1.82) is 0 Å². The first kappa shape index (κ1) is 23.4. The van der Waals surface area contributed by atoms with E-state index in [1.807, 2.05) is 53.4 Å². The van der Waals surface area contributed by atoms with Crippen molar-refractivity contribution in [2.24, 2.45) is 0 Å². The van der Waals surface area contributed by atoms with Crippen molar-refractivity contribution in [3.05, 3.63) is 59.1 Å². The molecule has 0 bridgehead atoms. The molecule has 1 atom stereocenters. The Morgan fingerprint density at radius 1 is 1.06 bits per heavy atom. The van der Waals surface area contributed by atoms with E-state index in [0.717, 1.165) is 24.5 Å². The Labute approximate surface area is 192 Å². The third-order valence-electron chi connectivity index (χ3n) is 5.12. The van der Waals surface area contributed by atoms with Crippen LogP contribution >= 0.6 is 23.4 Å². The van der Waals surface area contributed by atoms with Crippen LogP contribution in [0.1, 0.15) is 17.3 Å². The number of halogens is 1. The minimum Gasteiger partial charge on any atom is -0.491 e. The summed E-state index contributed by atoms with van der Waals surface area (Å²) in [5.74, 6) is 0.375. The van der Waals surface area contributed by atoms with Crippen LogP contribution in [0.5, 0.6) is 5.75 Å². The van der Waals surface area contributed by atoms with Crippen LogP contribution in [0.4, 0.5) is 0 Å². The van der Waals surface area contributed by atoms with Gasteiger partial charge in [-0.05, 0) is 31.2 Å². The van der Waals surface area contributed by atoms with Gasteiger partial charge in [0.05, 0.1) is 17.7 Å². The molecule has 1 fully saturated rings. The lowest BCUT2D eigenvalue weighted by Gasteiger charge is -2.35. The molecule has 6 nitrogen and oxygen atoms in total. The fourth-order valence-electron chi connectivity index (χ4n) is 3.34. The predicted octanol–water partition coefficient (Wildman–Crippen LogP) is 3.83. The van der Waals surface area contributed by atoms with E-state index in [2.05, 4.69) is 4.90 Å². The average Bonchev–Trinajstić information content (AvgIpc) is 2.80. The molecular weight excluding hydrogens is 436 g/mol. The number of benzene rings is 2. The molecule has 8 heteroatoms. The second-order valence-corrected chi connectivity index (χ2v) is 8.98. The summed E-state index contributed by atoms with van der Waals surface area (Å²) in [7, 11) is 1.37. The third kappa shape index (κ3) is 6.38. The van der Waals surface area contributed by atoms with Crippen LogP contribution in [0.25, 0.3) is 0 Å². The van der Waals surface area contributed by atoms with Crippen molar-refractivity contribution < 1.29 is 19.1 Å². The summed E-state index contributed by atoms with van der Waals surface area (Å²) >= 11 is 7.46. The number of rotatable bonds is 8. The van der Waals surface area contributed by atoms with E-state index >= 15 is 0 Å². The minimum absolute atomic E-state index is 0.00728. The maximum atomic E-state index is 13.1. The molecule has 31 heavy (non-hydrogen) atoms. The number of amides is 1. The highest BCUT2D eigenvalue weighted by Crippen LogP contribution is 2.28. The summed E-state index contributed by atoms with van der Waals surface area (Å²) in [4.78, 5) is 29.8. The molecule has 2 aromatic carbocycles. The number of carbonyl (C=O) groups excluding carboxylic acids is 2. The van der Waals surface area contributed by atoms with E-state index in [1.165, 1.54) is 18.9 Å². The van der Waals surface area contributed by atoms with Crippen LogP contribution in [0, 0.1) is 0 Å². The summed E-state index contributed by atoms with van der Waals surface area (Å²) < 4.78 is 10.6. The monoisotopic (exact) mass is 462 g/mol. The van der Waals surface area contributed by atoms with Gasteiger partial charge >= 0.3 is 5.97 Å². The lowest BCUT2D eigenvalue weighted by molar-refractivity contribution is -0.139. The van der Waals surface area contributed by atoms with E-state index in [9.17, 15) is 9.59 Å². The number of piperazine rings is 1. The molecule has 1 saturated heterocycles. The molecule has 3 rings (SSSR count). The van der Waals surface area contributed by atoms with Gasteiger partial charge in [0, 0.05) is 37.6 Å². The lowest BCUT2D eigenvalue weighted by Crippen LogP contribution is -2.49. The number of hydrogen-bond donors (Lipinski definition) is 0. The zero-order valence-corrected chi connectivity index (χ0v) is 19.3. The summed E-state index contributed by atoms with van der Waals surface area (Å²) in [5.41, 5.74) is 0.624. The van der Waals surface area contributed by atoms with Crippen molar-refractivity contribution in [3.8, 4) is 5.75 Å². The largest absolute Gasteiger partial charge is 0.491 e. The smallest absolute Gasteiger partial charge is 0.318 e. The maximum absolute atomic E-state index is 13.1. The number of nitrogens with zero attached hydrogens (tertiary/aromatic N) is 2. The molecule has 0 spiro atoms. The Kier molecular flexibility index (Phi) is 8.63. The quantitative estimate of drug-likeness (QED) is 0.439.